The van der Waals surface area contributed by atoms with Crippen LogP contribution < -0.4 is 0 Å². The summed E-state index contributed by atoms with van der Waals surface area (Å²) in [4.78, 5) is 0. The smallest absolute Gasteiger partial charge is 0.0211 e. The third-order valence-electron chi connectivity index (χ3n) is 7.45. The molecule has 34 heavy (non-hydrogen) atoms. The van der Waals surface area contributed by atoms with Crippen LogP contribution in [-0.4, -0.2) is 0 Å². The molecule has 0 saturated carbocycles. The molecule has 0 amide bonds. The lowest BCUT2D eigenvalue weighted by Crippen LogP contribution is -2.14. The Morgan fingerprint density at radius 3 is 1.24 bits per heavy atom. The Hall–Kier alpha value is -3.12. The van der Waals surface area contributed by atoms with Crippen molar-refractivity contribution in [3.8, 4) is 11.1 Å². The van der Waals surface area contributed by atoms with E-state index in [1.807, 2.05) is 0 Å². The summed E-state index contributed by atoms with van der Waals surface area (Å²) in [5.41, 5.74) is 11.5. The Balaban J connectivity index is 1.78. The molecular formula is C34H36. The fraction of sp³-hybridized carbons (Fsp3) is 0.294. The Morgan fingerprint density at radius 2 is 0.882 bits per heavy atom. The third kappa shape index (κ3) is 4.00. The number of fused-ring (bicyclic) bond motifs is 3. The zero-order valence-corrected chi connectivity index (χ0v) is 21.4. The summed E-state index contributed by atoms with van der Waals surface area (Å²) < 4.78 is 0. The summed E-state index contributed by atoms with van der Waals surface area (Å²) in [6.45, 7) is 13.9. The van der Waals surface area contributed by atoms with Crippen molar-refractivity contribution in [2.24, 2.45) is 0 Å². The maximum Gasteiger partial charge on any atom is 0.0211 e. The fourth-order valence-corrected chi connectivity index (χ4v) is 5.48. The average molecular weight is 445 g/mol. The number of benzene rings is 4. The minimum absolute atomic E-state index is 0.118. The standard InChI is InChI=1S/C34H36/c1-33(2,3)25-17-19-27-29(21-25)30-22-26(34(4,5)6)18-20-28(30)32(27)31(23-13-9-7-10-14-23)24-15-11-8-12-16-24/h7-22,31-32H,1-6H3. The van der Waals surface area contributed by atoms with Crippen molar-refractivity contribution in [2.45, 2.75) is 64.2 Å². The molecule has 0 heteroatoms. The van der Waals surface area contributed by atoms with Crippen molar-refractivity contribution < 1.29 is 0 Å². The van der Waals surface area contributed by atoms with Crippen LogP contribution in [0, 0.1) is 0 Å². The first-order valence-corrected chi connectivity index (χ1v) is 12.5. The van der Waals surface area contributed by atoms with Gasteiger partial charge in [0.2, 0.25) is 0 Å². The molecule has 1 aliphatic rings. The van der Waals surface area contributed by atoms with Crippen LogP contribution in [0.3, 0.4) is 0 Å². The lowest BCUT2D eigenvalue weighted by Gasteiger charge is -2.28. The number of hydrogen-bond acceptors (Lipinski definition) is 0. The Morgan fingerprint density at radius 1 is 0.500 bits per heavy atom. The van der Waals surface area contributed by atoms with Crippen LogP contribution >= 0.6 is 0 Å². The highest BCUT2D eigenvalue weighted by molar-refractivity contribution is 5.81. The van der Waals surface area contributed by atoms with Gasteiger partial charge in [0.15, 0.2) is 0 Å². The van der Waals surface area contributed by atoms with E-state index in [9.17, 15) is 0 Å². The second-order valence-electron chi connectivity index (χ2n) is 11.9. The molecule has 0 bridgehead atoms. The van der Waals surface area contributed by atoms with Crippen LogP contribution in [0.25, 0.3) is 11.1 Å². The summed E-state index contributed by atoms with van der Waals surface area (Å²) in [6.07, 6.45) is 0. The Kier molecular flexibility index (Phi) is 5.52. The van der Waals surface area contributed by atoms with Crippen LogP contribution in [0.2, 0.25) is 0 Å². The molecule has 0 unspecified atom stereocenters. The predicted octanol–water partition coefficient (Wildman–Crippen LogP) is 9.23. The van der Waals surface area contributed by atoms with E-state index in [1.165, 1.54) is 44.5 Å². The van der Waals surface area contributed by atoms with Crippen LogP contribution in [0.1, 0.15) is 86.8 Å². The molecule has 1 aliphatic carbocycles. The average Bonchev–Trinajstić information content (AvgIpc) is 3.13. The molecule has 0 N–H and O–H groups in total. The topological polar surface area (TPSA) is 0 Å². The lowest BCUT2D eigenvalue weighted by molar-refractivity contribution is 0.589. The molecule has 0 fully saturated rings. The first-order valence-electron chi connectivity index (χ1n) is 12.5. The number of hydrogen-bond donors (Lipinski definition) is 0. The fourth-order valence-electron chi connectivity index (χ4n) is 5.48. The van der Waals surface area contributed by atoms with Gasteiger partial charge in [-0.05, 0) is 55.3 Å². The van der Waals surface area contributed by atoms with E-state index in [0.717, 1.165) is 0 Å². The van der Waals surface area contributed by atoms with Gasteiger partial charge in [-0.3, -0.25) is 0 Å². The van der Waals surface area contributed by atoms with Crippen molar-refractivity contribution in [3.63, 3.8) is 0 Å². The zero-order chi connectivity index (χ0) is 24.1. The normalized spacial score (nSPS) is 13.7. The van der Waals surface area contributed by atoms with E-state index in [2.05, 4.69) is 139 Å². The quantitative estimate of drug-likeness (QED) is 0.295. The lowest BCUT2D eigenvalue weighted by atomic mass is 9.75. The van der Waals surface area contributed by atoms with Gasteiger partial charge in [0, 0.05) is 11.8 Å². The second-order valence-corrected chi connectivity index (χ2v) is 11.9. The SMILES string of the molecule is CC(C)(C)c1ccc2c(c1)-c1cc(C(C)(C)C)ccc1C2C(c1ccccc1)c1ccccc1. The minimum Gasteiger partial charge on any atom is -0.0622 e. The summed E-state index contributed by atoms with van der Waals surface area (Å²) >= 11 is 0. The molecule has 172 valence electrons. The van der Waals surface area contributed by atoms with Crippen molar-refractivity contribution in [1.82, 2.24) is 0 Å². The van der Waals surface area contributed by atoms with Gasteiger partial charge in [-0.2, -0.15) is 0 Å². The van der Waals surface area contributed by atoms with Crippen LogP contribution in [0.5, 0.6) is 0 Å². The molecule has 0 aliphatic heterocycles. The van der Waals surface area contributed by atoms with Gasteiger partial charge in [0.1, 0.15) is 0 Å². The zero-order valence-electron chi connectivity index (χ0n) is 21.4. The molecule has 4 aromatic rings. The highest BCUT2D eigenvalue weighted by atomic mass is 14.4. The Labute approximate surface area is 205 Å². The molecule has 0 nitrogen and oxygen atoms in total. The predicted molar refractivity (Wildman–Crippen MR) is 146 cm³/mol. The highest BCUT2D eigenvalue weighted by Crippen LogP contribution is 2.54. The molecule has 0 saturated heterocycles. The largest absolute Gasteiger partial charge is 0.0622 e. The summed E-state index contributed by atoms with van der Waals surface area (Å²) in [7, 11) is 0. The van der Waals surface area contributed by atoms with Gasteiger partial charge in [-0.1, -0.05) is 139 Å². The van der Waals surface area contributed by atoms with E-state index >= 15 is 0 Å². The monoisotopic (exact) mass is 444 g/mol. The van der Waals surface area contributed by atoms with Gasteiger partial charge in [0.05, 0.1) is 0 Å². The molecular weight excluding hydrogens is 408 g/mol. The molecule has 0 heterocycles. The van der Waals surface area contributed by atoms with E-state index in [1.54, 1.807) is 0 Å². The van der Waals surface area contributed by atoms with Crippen molar-refractivity contribution in [3.05, 3.63) is 130 Å². The van der Waals surface area contributed by atoms with Gasteiger partial charge < -0.3 is 0 Å². The van der Waals surface area contributed by atoms with Crippen molar-refractivity contribution >= 4 is 0 Å². The van der Waals surface area contributed by atoms with Crippen molar-refractivity contribution in [2.75, 3.05) is 0 Å². The molecule has 0 radical (unpaired) electrons. The summed E-state index contributed by atoms with van der Waals surface area (Å²) in [5, 5.41) is 0. The van der Waals surface area contributed by atoms with Gasteiger partial charge in [0.25, 0.3) is 0 Å². The van der Waals surface area contributed by atoms with Gasteiger partial charge in [-0.15, -0.1) is 0 Å². The third-order valence-corrected chi connectivity index (χ3v) is 7.45. The van der Waals surface area contributed by atoms with Gasteiger partial charge in [-0.25, -0.2) is 0 Å². The minimum atomic E-state index is 0.118. The maximum atomic E-state index is 2.47. The molecule has 4 aromatic carbocycles. The van der Waals surface area contributed by atoms with E-state index in [0.29, 0.717) is 0 Å². The molecule has 0 aromatic heterocycles. The first kappa shape index (κ1) is 22.7. The van der Waals surface area contributed by atoms with Crippen LogP contribution in [0.15, 0.2) is 97.1 Å². The molecule has 0 spiro atoms. The molecule has 0 atom stereocenters. The maximum absolute atomic E-state index is 2.47. The number of rotatable bonds is 3. The van der Waals surface area contributed by atoms with Gasteiger partial charge >= 0.3 is 0 Å². The van der Waals surface area contributed by atoms with Crippen LogP contribution in [-0.2, 0) is 10.8 Å². The summed E-state index contributed by atoms with van der Waals surface area (Å²) in [5.74, 6) is 0.557. The van der Waals surface area contributed by atoms with E-state index in [4.69, 9.17) is 0 Å². The highest BCUT2D eigenvalue weighted by Gasteiger charge is 2.37. The Bertz CT molecular complexity index is 1190. The van der Waals surface area contributed by atoms with Crippen molar-refractivity contribution in [1.29, 1.82) is 0 Å². The van der Waals surface area contributed by atoms with Crippen LogP contribution in [0.4, 0.5) is 0 Å². The summed E-state index contributed by atoms with van der Waals surface area (Å²) in [6, 6.07) is 36.6. The first-order chi connectivity index (χ1) is 16.1. The van der Waals surface area contributed by atoms with E-state index < -0.39 is 0 Å². The second kappa shape index (κ2) is 8.27. The van der Waals surface area contributed by atoms with E-state index in [-0.39, 0.29) is 22.7 Å². The molecule has 5 rings (SSSR count).